The Hall–Kier alpha value is -0.640. The van der Waals surface area contributed by atoms with E-state index in [9.17, 15) is 0 Å². The number of rotatable bonds is 1. The summed E-state index contributed by atoms with van der Waals surface area (Å²) in [5.74, 6) is 1.96. The van der Waals surface area contributed by atoms with Crippen LogP contribution in [0.3, 0.4) is 0 Å². The molecular weight excluding hydrogens is 278 g/mol. The fourth-order valence-electron chi connectivity index (χ4n) is 2.83. The summed E-state index contributed by atoms with van der Waals surface area (Å²) in [7, 11) is 0. The van der Waals surface area contributed by atoms with E-state index in [1.807, 2.05) is 0 Å². The summed E-state index contributed by atoms with van der Waals surface area (Å²) < 4.78 is 0. The van der Waals surface area contributed by atoms with Gasteiger partial charge >= 0.3 is 0 Å². The van der Waals surface area contributed by atoms with Gasteiger partial charge in [-0.25, -0.2) is 9.97 Å². The quantitative estimate of drug-likeness (QED) is 0.746. The van der Waals surface area contributed by atoms with Gasteiger partial charge in [0.1, 0.15) is 12.1 Å². The predicted octanol–water partition coefficient (Wildman–Crippen LogP) is 2.58. The first-order valence-electron chi connectivity index (χ1n) is 6.47. The first-order valence-corrected chi connectivity index (χ1v) is 7.39. The maximum atomic E-state index is 4.53. The van der Waals surface area contributed by atoms with Gasteiger partial charge in [-0.2, -0.15) is 0 Å². The largest absolute Gasteiger partial charge is 0.355 e. The standard InChI is InChI=1S/C13H18BrN3/c1-9-5-6-17(7-11(9)14)13-10-3-2-4-12(10)15-8-16-13/h8-9,11H,2-7H2,1H3. The van der Waals surface area contributed by atoms with Gasteiger partial charge in [0.25, 0.3) is 0 Å². The maximum absolute atomic E-state index is 4.53. The number of fused-ring (bicyclic) bond motifs is 1. The fraction of sp³-hybridized carbons (Fsp3) is 0.692. The lowest BCUT2D eigenvalue weighted by molar-refractivity contribution is 0.453. The van der Waals surface area contributed by atoms with Gasteiger partial charge < -0.3 is 4.90 Å². The normalized spacial score (nSPS) is 28.2. The molecule has 2 aliphatic rings. The molecule has 4 heteroatoms. The molecule has 1 aliphatic heterocycles. The fourth-order valence-corrected chi connectivity index (χ4v) is 3.44. The van der Waals surface area contributed by atoms with Crippen LogP contribution in [0.15, 0.2) is 6.33 Å². The lowest BCUT2D eigenvalue weighted by atomic mass is 9.98. The number of hydrogen-bond acceptors (Lipinski definition) is 3. The highest BCUT2D eigenvalue weighted by Gasteiger charge is 2.28. The molecule has 1 fully saturated rings. The predicted molar refractivity (Wildman–Crippen MR) is 72.8 cm³/mol. The van der Waals surface area contributed by atoms with E-state index in [4.69, 9.17) is 0 Å². The molecular formula is C13H18BrN3. The van der Waals surface area contributed by atoms with Crippen LogP contribution in [0.5, 0.6) is 0 Å². The van der Waals surface area contributed by atoms with Crippen LogP contribution in [0.1, 0.15) is 31.0 Å². The maximum Gasteiger partial charge on any atom is 0.135 e. The van der Waals surface area contributed by atoms with Crippen LogP contribution in [-0.4, -0.2) is 27.9 Å². The number of nitrogens with zero attached hydrogens (tertiary/aromatic N) is 3. The molecule has 0 radical (unpaired) electrons. The van der Waals surface area contributed by atoms with Gasteiger partial charge in [-0.1, -0.05) is 22.9 Å². The van der Waals surface area contributed by atoms with Crippen molar-refractivity contribution in [3.05, 3.63) is 17.6 Å². The molecule has 0 saturated carbocycles. The highest BCUT2D eigenvalue weighted by molar-refractivity contribution is 9.09. The Bertz CT molecular complexity index is 421. The van der Waals surface area contributed by atoms with E-state index in [-0.39, 0.29) is 0 Å². The van der Waals surface area contributed by atoms with E-state index in [0.29, 0.717) is 4.83 Å². The third-order valence-electron chi connectivity index (χ3n) is 4.02. The van der Waals surface area contributed by atoms with Crippen LogP contribution < -0.4 is 4.90 Å². The highest BCUT2D eigenvalue weighted by atomic mass is 79.9. The molecule has 0 amide bonds. The van der Waals surface area contributed by atoms with Crippen molar-refractivity contribution in [2.75, 3.05) is 18.0 Å². The van der Waals surface area contributed by atoms with E-state index in [1.54, 1.807) is 6.33 Å². The third kappa shape index (κ3) is 2.07. The van der Waals surface area contributed by atoms with Gasteiger partial charge in [0, 0.05) is 29.2 Å². The zero-order valence-corrected chi connectivity index (χ0v) is 11.8. The number of halogens is 1. The summed E-state index contributed by atoms with van der Waals surface area (Å²) in [6.45, 7) is 4.53. The Kier molecular flexibility index (Phi) is 3.07. The van der Waals surface area contributed by atoms with Crippen LogP contribution >= 0.6 is 15.9 Å². The van der Waals surface area contributed by atoms with Crippen molar-refractivity contribution >= 4 is 21.7 Å². The molecule has 3 rings (SSSR count). The minimum atomic E-state index is 0.586. The van der Waals surface area contributed by atoms with Crippen molar-refractivity contribution in [3.63, 3.8) is 0 Å². The Morgan fingerprint density at radius 2 is 2.24 bits per heavy atom. The van der Waals surface area contributed by atoms with Crippen LogP contribution in [0.4, 0.5) is 5.82 Å². The zero-order chi connectivity index (χ0) is 11.8. The van der Waals surface area contributed by atoms with Crippen molar-refractivity contribution in [1.82, 2.24) is 9.97 Å². The molecule has 0 N–H and O–H groups in total. The topological polar surface area (TPSA) is 29.0 Å². The molecule has 0 aromatic carbocycles. The number of anilines is 1. The summed E-state index contributed by atoms with van der Waals surface area (Å²) in [6, 6.07) is 0. The van der Waals surface area contributed by atoms with E-state index in [2.05, 4.69) is 37.7 Å². The molecule has 17 heavy (non-hydrogen) atoms. The molecule has 0 bridgehead atoms. The van der Waals surface area contributed by atoms with Crippen LogP contribution in [0.2, 0.25) is 0 Å². The van der Waals surface area contributed by atoms with Gasteiger partial charge in [-0.3, -0.25) is 0 Å². The van der Waals surface area contributed by atoms with Crippen molar-refractivity contribution in [2.24, 2.45) is 5.92 Å². The van der Waals surface area contributed by atoms with E-state index in [0.717, 1.165) is 31.8 Å². The second-order valence-electron chi connectivity index (χ2n) is 5.20. The van der Waals surface area contributed by atoms with E-state index >= 15 is 0 Å². The zero-order valence-electron chi connectivity index (χ0n) is 10.2. The number of alkyl halides is 1. The summed E-state index contributed by atoms with van der Waals surface area (Å²) in [6.07, 6.45) is 6.51. The van der Waals surface area contributed by atoms with Crippen LogP contribution in [0.25, 0.3) is 0 Å². The first kappa shape index (κ1) is 11.5. The lowest BCUT2D eigenvalue weighted by Gasteiger charge is -2.35. The molecule has 92 valence electrons. The highest BCUT2D eigenvalue weighted by Crippen LogP contribution is 2.32. The molecule has 2 unspecified atom stereocenters. The molecule has 3 nitrogen and oxygen atoms in total. The third-order valence-corrected chi connectivity index (χ3v) is 5.21. The van der Waals surface area contributed by atoms with Crippen molar-refractivity contribution in [1.29, 1.82) is 0 Å². The molecule has 1 aromatic heterocycles. The number of piperidine rings is 1. The summed E-state index contributed by atoms with van der Waals surface area (Å²) >= 11 is 3.79. The minimum Gasteiger partial charge on any atom is -0.355 e. The molecule has 2 heterocycles. The smallest absolute Gasteiger partial charge is 0.135 e. The second kappa shape index (κ2) is 4.56. The van der Waals surface area contributed by atoms with Gasteiger partial charge in [0.2, 0.25) is 0 Å². The molecule has 2 atom stereocenters. The first-order chi connectivity index (χ1) is 8.25. The molecule has 1 saturated heterocycles. The number of aryl methyl sites for hydroxylation is 1. The molecule has 0 spiro atoms. The van der Waals surface area contributed by atoms with Gasteiger partial charge in [-0.05, 0) is 31.6 Å². The van der Waals surface area contributed by atoms with Crippen molar-refractivity contribution in [2.45, 2.75) is 37.4 Å². The van der Waals surface area contributed by atoms with Crippen LogP contribution in [0, 0.1) is 5.92 Å². The van der Waals surface area contributed by atoms with E-state index < -0.39 is 0 Å². The van der Waals surface area contributed by atoms with Gasteiger partial charge in [0.05, 0.1) is 0 Å². The van der Waals surface area contributed by atoms with Gasteiger partial charge in [-0.15, -0.1) is 0 Å². The Morgan fingerprint density at radius 3 is 3.06 bits per heavy atom. The number of hydrogen-bond donors (Lipinski definition) is 0. The molecule has 1 aromatic rings. The van der Waals surface area contributed by atoms with Crippen LogP contribution in [-0.2, 0) is 12.8 Å². The van der Waals surface area contributed by atoms with E-state index in [1.165, 1.54) is 29.9 Å². The minimum absolute atomic E-state index is 0.586. The Labute approximate surface area is 111 Å². The lowest BCUT2D eigenvalue weighted by Crippen LogP contribution is -2.41. The SMILES string of the molecule is CC1CCN(c2ncnc3c2CCC3)CC1Br. The average molecular weight is 296 g/mol. The Morgan fingerprint density at radius 1 is 1.35 bits per heavy atom. The van der Waals surface area contributed by atoms with Crippen molar-refractivity contribution < 1.29 is 0 Å². The molecule has 1 aliphatic carbocycles. The number of aromatic nitrogens is 2. The summed E-state index contributed by atoms with van der Waals surface area (Å²) in [4.78, 5) is 11.9. The monoisotopic (exact) mass is 295 g/mol. The second-order valence-corrected chi connectivity index (χ2v) is 6.38. The van der Waals surface area contributed by atoms with Crippen molar-refractivity contribution in [3.8, 4) is 0 Å². The Balaban J connectivity index is 1.87. The average Bonchev–Trinajstić information content (AvgIpc) is 2.80. The summed E-state index contributed by atoms with van der Waals surface area (Å²) in [5.41, 5.74) is 2.68. The summed E-state index contributed by atoms with van der Waals surface area (Å²) in [5, 5.41) is 0. The van der Waals surface area contributed by atoms with Gasteiger partial charge in [0.15, 0.2) is 0 Å².